The second-order valence-electron chi connectivity index (χ2n) is 5.27. The van der Waals surface area contributed by atoms with Gasteiger partial charge in [-0.05, 0) is 46.8 Å². The van der Waals surface area contributed by atoms with Crippen LogP contribution in [0, 0.1) is 0 Å². The molecule has 26 heavy (non-hydrogen) atoms. The first-order chi connectivity index (χ1) is 12.5. The normalized spacial score (nSPS) is 10.5. The average molecular weight is 373 g/mol. The van der Waals surface area contributed by atoms with Crippen LogP contribution in [0.1, 0.15) is 10.4 Å². The number of anilines is 1. The molecule has 3 N–H and O–H groups in total. The van der Waals surface area contributed by atoms with Gasteiger partial charge in [0.15, 0.2) is 0 Å². The Kier molecular flexibility index (Phi) is 4.81. The van der Waals surface area contributed by atoms with Crippen LogP contribution in [0.25, 0.3) is 5.69 Å². The number of hydrogen-bond donors (Lipinski definition) is 2. The van der Waals surface area contributed by atoms with E-state index in [0.717, 1.165) is 9.36 Å². The Morgan fingerprint density at radius 2 is 1.77 bits per heavy atom. The maximum atomic E-state index is 12.3. The molecule has 0 aliphatic heterocycles. The maximum Gasteiger partial charge on any atom is 0.369 e. The number of carbonyl (C=O) groups excluding carboxylic acids is 2. The van der Waals surface area contributed by atoms with Crippen LogP contribution in [-0.2, 0) is 11.3 Å². The van der Waals surface area contributed by atoms with Crippen molar-refractivity contribution >= 4 is 29.1 Å². The fourth-order valence-corrected chi connectivity index (χ4v) is 2.42. The summed E-state index contributed by atoms with van der Waals surface area (Å²) in [5.74, 6) is -1.05. The van der Waals surface area contributed by atoms with E-state index in [-0.39, 0.29) is 6.54 Å². The topological polar surface area (TPSA) is 125 Å². The summed E-state index contributed by atoms with van der Waals surface area (Å²) in [5.41, 5.74) is 5.69. The van der Waals surface area contributed by atoms with Crippen LogP contribution >= 0.6 is 11.6 Å². The van der Waals surface area contributed by atoms with Gasteiger partial charge in [-0.3, -0.25) is 9.59 Å². The summed E-state index contributed by atoms with van der Waals surface area (Å²) in [4.78, 5) is 35.5. The molecule has 0 radical (unpaired) electrons. The Bertz CT molecular complexity index is 1020. The number of primary amides is 1. The lowest BCUT2D eigenvalue weighted by molar-refractivity contribution is -0.117. The number of nitrogens with two attached hydrogens (primary N) is 1. The lowest BCUT2D eigenvalue weighted by Crippen LogP contribution is -2.29. The summed E-state index contributed by atoms with van der Waals surface area (Å²) in [7, 11) is 0. The molecular weight excluding hydrogens is 360 g/mol. The van der Waals surface area contributed by atoms with Crippen LogP contribution in [0.3, 0.4) is 0 Å². The first-order valence-corrected chi connectivity index (χ1v) is 7.81. The number of rotatable bonds is 5. The summed E-state index contributed by atoms with van der Waals surface area (Å²) in [5, 5.41) is 10.4. The average Bonchev–Trinajstić information content (AvgIpc) is 2.96. The van der Waals surface area contributed by atoms with Crippen molar-refractivity contribution < 1.29 is 9.59 Å². The monoisotopic (exact) mass is 372 g/mol. The van der Waals surface area contributed by atoms with Crippen LogP contribution < -0.4 is 16.7 Å². The number of halogens is 1. The lowest BCUT2D eigenvalue weighted by Gasteiger charge is -2.05. The van der Waals surface area contributed by atoms with Gasteiger partial charge >= 0.3 is 5.69 Å². The van der Waals surface area contributed by atoms with Crippen LogP contribution in [0.5, 0.6) is 0 Å². The van der Waals surface area contributed by atoms with Gasteiger partial charge in [-0.15, -0.1) is 0 Å². The fourth-order valence-electron chi connectivity index (χ4n) is 2.20. The molecule has 0 unspecified atom stereocenters. The lowest BCUT2D eigenvalue weighted by atomic mass is 10.2. The van der Waals surface area contributed by atoms with Crippen LogP contribution in [-0.4, -0.2) is 31.6 Å². The van der Waals surface area contributed by atoms with E-state index in [1.165, 1.54) is 24.3 Å². The molecule has 132 valence electrons. The van der Waals surface area contributed by atoms with E-state index in [9.17, 15) is 14.4 Å². The molecule has 0 aliphatic rings. The summed E-state index contributed by atoms with van der Waals surface area (Å²) in [6.07, 6.45) is 0. The number of tetrazole rings is 1. The van der Waals surface area contributed by atoms with E-state index in [4.69, 9.17) is 17.3 Å². The highest BCUT2D eigenvalue weighted by Crippen LogP contribution is 2.16. The standard InChI is InChI=1S/C16H13ClN6O3/c17-12-3-1-2-4-13(12)23-16(26)22(20-21-23)9-14(24)19-11-7-5-10(6-8-11)15(18)25/h1-8H,9H2,(H2,18,25)(H,19,24). The minimum Gasteiger partial charge on any atom is -0.366 e. The highest BCUT2D eigenvalue weighted by molar-refractivity contribution is 6.32. The molecule has 0 fully saturated rings. The summed E-state index contributed by atoms with van der Waals surface area (Å²) in [6.45, 7) is -0.332. The Morgan fingerprint density at radius 1 is 1.08 bits per heavy atom. The minimum absolute atomic E-state index is 0.321. The van der Waals surface area contributed by atoms with Gasteiger partial charge in [-0.1, -0.05) is 23.7 Å². The van der Waals surface area contributed by atoms with Gasteiger partial charge in [-0.25, -0.2) is 4.79 Å². The predicted octanol–water partition coefficient (Wildman–Crippen LogP) is 0.820. The summed E-state index contributed by atoms with van der Waals surface area (Å²) in [6, 6.07) is 12.7. The van der Waals surface area contributed by atoms with Crippen molar-refractivity contribution in [3.8, 4) is 5.69 Å². The predicted molar refractivity (Wildman–Crippen MR) is 94.2 cm³/mol. The first-order valence-electron chi connectivity index (χ1n) is 7.43. The van der Waals surface area contributed by atoms with E-state index < -0.39 is 17.5 Å². The third-order valence-corrected chi connectivity index (χ3v) is 3.79. The zero-order valence-electron chi connectivity index (χ0n) is 13.3. The van der Waals surface area contributed by atoms with E-state index in [1.807, 2.05) is 0 Å². The zero-order chi connectivity index (χ0) is 18.7. The van der Waals surface area contributed by atoms with Crippen molar-refractivity contribution in [2.75, 3.05) is 5.32 Å². The summed E-state index contributed by atoms with van der Waals surface area (Å²) < 4.78 is 1.92. The molecule has 1 heterocycles. The van der Waals surface area contributed by atoms with E-state index in [1.54, 1.807) is 24.3 Å². The second-order valence-corrected chi connectivity index (χ2v) is 5.68. The third kappa shape index (κ3) is 3.62. The molecule has 1 aromatic heterocycles. The Hall–Kier alpha value is -3.46. The number of para-hydroxylation sites is 1. The van der Waals surface area contributed by atoms with Gasteiger partial charge in [-0.2, -0.15) is 9.36 Å². The molecule has 0 saturated heterocycles. The van der Waals surface area contributed by atoms with Gasteiger partial charge in [0.05, 0.1) is 10.7 Å². The number of amides is 2. The zero-order valence-corrected chi connectivity index (χ0v) is 14.1. The van der Waals surface area contributed by atoms with Crippen LogP contribution in [0.2, 0.25) is 5.02 Å². The molecule has 0 atom stereocenters. The fraction of sp³-hybridized carbons (Fsp3) is 0.0625. The van der Waals surface area contributed by atoms with Crippen molar-refractivity contribution in [2.24, 2.45) is 5.73 Å². The molecule has 9 nitrogen and oxygen atoms in total. The van der Waals surface area contributed by atoms with Crippen molar-refractivity contribution in [1.82, 2.24) is 19.8 Å². The molecule has 0 aliphatic carbocycles. The molecule has 3 rings (SSSR count). The second kappa shape index (κ2) is 7.19. The molecule has 2 aromatic carbocycles. The number of benzene rings is 2. The number of nitrogens with one attached hydrogen (secondary N) is 1. The minimum atomic E-state index is -0.600. The first kappa shape index (κ1) is 17.4. The largest absolute Gasteiger partial charge is 0.369 e. The highest BCUT2D eigenvalue weighted by atomic mass is 35.5. The Morgan fingerprint density at radius 3 is 2.42 bits per heavy atom. The molecule has 3 aromatic rings. The van der Waals surface area contributed by atoms with Crippen molar-refractivity contribution in [2.45, 2.75) is 6.54 Å². The van der Waals surface area contributed by atoms with Gasteiger partial charge in [0, 0.05) is 11.3 Å². The molecule has 0 spiro atoms. The Labute approximate surface area is 152 Å². The van der Waals surface area contributed by atoms with E-state index in [0.29, 0.717) is 22.0 Å². The van der Waals surface area contributed by atoms with Gasteiger partial charge < -0.3 is 11.1 Å². The number of aromatic nitrogens is 4. The van der Waals surface area contributed by atoms with Crippen molar-refractivity contribution in [3.63, 3.8) is 0 Å². The quantitative estimate of drug-likeness (QED) is 0.686. The van der Waals surface area contributed by atoms with Crippen LogP contribution in [0.4, 0.5) is 5.69 Å². The number of carbonyl (C=O) groups is 2. The SMILES string of the molecule is NC(=O)c1ccc(NC(=O)Cn2nnn(-c3ccccc3Cl)c2=O)cc1. The third-order valence-electron chi connectivity index (χ3n) is 3.47. The highest BCUT2D eigenvalue weighted by Gasteiger charge is 2.14. The maximum absolute atomic E-state index is 12.3. The van der Waals surface area contributed by atoms with E-state index in [2.05, 4.69) is 15.7 Å². The number of hydrogen-bond acceptors (Lipinski definition) is 5. The molecule has 0 saturated carbocycles. The van der Waals surface area contributed by atoms with Gasteiger partial charge in [0.1, 0.15) is 6.54 Å². The summed E-state index contributed by atoms with van der Waals surface area (Å²) >= 11 is 6.04. The van der Waals surface area contributed by atoms with Crippen LogP contribution in [0.15, 0.2) is 53.3 Å². The number of nitrogens with zero attached hydrogens (tertiary/aromatic N) is 4. The smallest absolute Gasteiger partial charge is 0.366 e. The molecule has 10 heteroatoms. The molecule has 2 amide bonds. The van der Waals surface area contributed by atoms with E-state index >= 15 is 0 Å². The van der Waals surface area contributed by atoms with Gasteiger partial charge in [0.25, 0.3) is 0 Å². The molecular formula is C16H13ClN6O3. The van der Waals surface area contributed by atoms with Crippen molar-refractivity contribution in [3.05, 3.63) is 69.6 Å². The van der Waals surface area contributed by atoms with Crippen molar-refractivity contribution in [1.29, 1.82) is 0 Å². The Balaban J connectivity index is 1.73. The van der Waals surface area contributed by atoms with Gasteiger partial charge in [0.2, 0.25) is 11.8 Å². The molecule has 0 bridgehead atoms.